The fourth-order valence-electron chi connectivity index (χ4n) is 3.93. The minimum Gasteiger partial charge on any atom is -0.495 e. The van der Waals surface area contributed by atoms with Gasteiger partial charge in [0.15, 0.2) is 0 Å². The van der Waals surface area contributed by atoms with E-state index in [1.54, 1.807) is 31.6 Å². The molecule has 7 heteroatoms. The van der Waals surface area contributed by atoms with Crippen molar-refractivity contribution in [1.82, 2.24) is 14.1 Å². The van der Waals surface area contributed by atoms with Crippen LogP contribution < -0.4 is 10.3 Å². The topological polar surface area (TPSA) is 49.0 Å². The van der Waals surface area contributed by atoms with Gasteiger partial charge in [0, 0.05) is 24.4 Å². The number of rotatable bonds is 7. The minimum atomic E-state index is -0.689. The Balaban J connectivity index is 1.70. The SMILES string of the molecule is COc1cc(Cc2cc(CF)cn([C@@H](C)c3ccc(F)cc3)c2=O)ccc1-n1cnc(C)c1. The van der Waals surface area contributed by atoms with Gasteiger partial charge in [0.05, 0.1) is 30.9 Å². The van der Waals surface area contributed by atoms with Gasteiger partial charge in [-0.05, 0) is 60.9 Å². The van der Waals surface area contributed by atoms with Crippen molar-refractivity contribution in [2.75, 3.05) is 7.11 Å². The summed E-state index contributed by atoms with van der Waals surface area (Å²) in [4.78, 5) is 17.5. The molecular weight excluding hydrogens is 424 g/mol. The maximum atomic E-state index is 13.6. The van der Waals surface area contributed by atoms with Crippen molar-refractivity contribution in [3.05, 3.63) is 111 Å². The highest BCUT2D eigenvalue weighted by atomic mass is 19.1. The third-order valence-electron chi connectivity index (χ3n) is 5.73. The highest BCUT2D eigenvalue weighted by Crippen LogP contribution is 2.26. The largest absolute Gasteiger partial charge is 0.495 e. The molecule has 0 N–H and O–H groups in total. The van der Waals surface area contributed by atoms with Gasteiger partial charge in [0.2, 0.25) is 0 Å². The Morgan fingerprint density at radius 2 is 1.82 bits per heavy atom. The van der Waals surface area contributed by atoms with E-state index in [9.17, 15) is 13.6 Å². The fraction of sp³-hybridized carbons (Fsp3) is 0.231. The summed E-state index contributed by atoms with van der Waals surface area (Å²) in [5, 5.41) is 0. The average molecular weight is 450 g/mol. The Labute approximate surface area is 190 Å². The van der Waals surface area contributed by atoms with Crippen molar-refractivity contribution in [3.63, 3.8) is 0 Å². The summed E-state index contributed by atoms with van der Waals surface area (Å²) in [6, 6.07) is 12.9. The zero-order chi connectivity index (χ0) is 23.5. The van der Waals surface area contributed by atoms with Crippen LogP contribution in [0.5, 0.6) is 5.75 Å². The Bertz CT molecular complexity index is 1330. The standard InChI is InChI=1S/C26H25F2N3O2/c1-17-14-30(16-29-17)24-9-4-19(12-25(24)33-3)10-22-11-20(13-27)15-31(26(22)32)18(2)21-5-7-23(28)8-6-21/h4-9,11-12,14-16,18H,10,13H2,1-3H3/t18-/m0/s1. The molecule has 0 amide bonds. The van der Waals surface area contributed by atoms with Crippen LogP contribution in [0.2, 0.25) is 0 Å². The summed E-state index contributed by atoms with van der Waals surface area (Å²) in [6.07, 6.45) is 5.47. The average Bonchev–Trinajstić information content (AvgIpc) is 3.26. The smallest absolute Gasteiger partial charge is 0.254 e. The van der Waals surface area contributed by atoms with Crippen molar-refractivity contribution in [3.8, 4) is 11.4 Å². The molecule has 4 aromatic rings. The van der Waals surface area contributed by atoms with Gasteiger partial charge in [-0.3, -0.25) is 4.79 Å². The number of methoxy groups -OCH3 is 1. The molecule has 2 aromatic carbocycles. The minimum absolute atomic E-state index is 0.211. The Kier molecular flexibility index (Phi) is 6.40. The number of hydrogen-bond donors (Lipinski definition) is 0. The van der Waals surface area contributed by atoms with Crippen molar-refractivity contribution in [2.45, 2.75) is 33.0 Å². The second-order valence-corrected chi connectivity index (χ2v) is 8.05. The molecule has 4 rings (SSSR count). The Morgan fingerprint density at radius 1 is 1.06 bits per heavy atom. The predicted octanol–water partition coefficient (Wildman–Crippen LogP) is 5.16. The molecule has 170 valence electrons. The van der Waals surface area contributed by atoms with Gasteiger partial charge in [-0.15, -0.1) is 0 Å². The lowest BCUT2D eigenvalue weighted by Gasteiger charge is -2.18. The lowest BCUT2D eigenvalue weighted by atomic mass is 10.0. The van der Waals surface area contributed by atoms with E-state index in [1.165, 1.54) is 22.9 Å². The van der Waals surface area contributed by atoms with Gasteiger partial charge in [0.25, 0.3) is 5.56 Å². The molecule has 0 aliphatic carbocycles. The molecule has 0 aliphatic rings. The highest BCUT2D eigenvalue weighted by Gasteiger charge is 2.15. The van der Waals surface area contributed by atoms with E-state index in [4.69, 9.17) is 4.74 Å². The monoisotopic (exact) mass is 449 g/mol. The Hall–Kier alpha value is -3.74. The zero-order valence-corrected chi connectivity index (χ0v) is 18.8. The summed E-state index contributed by atoms with van der Waals surface area (Å²) in [7, 11) is 1.59. The van der Waals surface area contributed by atoms with Gasteiger partial charge < -0.3 is 13.9 Å². The van der Waals surface area contributed by atoms with Crippen LogP contribution in [-0.4, -0.2) is 21.2 Å². The van der Waals surface area contributed by atoms with Crippen LogP contribution >= 0.6 is 0 Å². The number of ether oxygens (including phenoxy) is 1. The summed E-state index contributed by atoms with van der Waals surface area (Å²) in [5.74, 6) is 0.297. The van der Waals surface area contributed by atoms with Crippen LogP contribution in [0.1, 0.15) is 40.9 Å². The number of nitrogens with zero attached hydrogens (tertiary/aromatic N) is 3. The van der Waals surface area contributed by atoms with E-state index in [0.717, 1.165) is 22.5 Å². The van der Waals surface area contributed by atoms with E-state index < -0.39 is 6.67 Å². The molecule has 0 spiro atoms. The van der Waals surface area contributed by atoms with Crippen LogP contribution in [0.4, 0.5) is 8.78 Å². The van der Waals surface area contributed by atoms with Crippen LogP contribution in [0.25, 0.3) is 5.69 Å². The molecule has 0 unspecified atom stereocenters. The summed E-state index contributed by atoms with van der Waals surface area (Å²) >= 11 is 0. The number of aromatic nitrogens is 3. The van der Waals surface area contributed by atoms with Crippen molar-refractivity contribution >= 4 is 0 Å². The molecule has 2 heterocycles. The highest BCUT2D eigenvalue weighted by molar-refractivity contribution is 5.50. The summed E-state index contributed by atoms with van der Waals surface area (Å²) < 4.78 is 35.9. The maximum absolute atomic E-state index is 13.6. The van der Waals surface area contributed by atoms with E-state index in [1.807, 2.05) is 42.8 Å². The second-order valence-electron chi connectivity index (χ2n) is 8.05. The first-order chi connectivity index (χ1) is 15.9. The van der Waals surface area contributed by atoms with E-state index in [-0.39, 0.29) is 17.4 Å². The molecule has 0 radical (unpaired) electrons. The van der Waals surface area contributed by atoms with Crippen LogP contribution in [0.15, 0.2) is 72.0 Å². The van der Waals surface area contributed by atoms with Gasteiger partial charge in [-0.1, -0.05) is 18.2 Å². The number of pyridine rings is 1. The second kappa shape index (κ2) is 9.40. The first-order valence-electron chi connectivity index (χ1n) is 10.6. The van der Waals surface area contributed by atoms with Crippen LogP contribution in [0, 0.1) is 12.7 Å². The van der Waals surface area contributed by atoms with Gasteiger partial charge in [-0.2, -0.15) is 0 Å². The van der Waals surface area contributed by atoms with Crippen molar-refractivity contribution < 1.29 is 13.5 Å². The van der Waals surface area contributed by atoms with E-state index in [2.05, 4.69) is 4.98 Å². The number of aryl methyl sites for hydroxylation is 1. The molecule has 33 heavy (non-hydrogen) atoms. The van der Waals surface area contributed by atoms with Crippen LogP contribution in [0.3, 0.4) is 0 Å². The predicted molar refractivity (Wildman–Crippen MR) is 123 cm³/mol. The third kappa shape index (κ3) is 4.72. The third-order valence-corrected chi connectivity index (χ3v) is 5.73. The van der Waals surface area contributed by atoms with E-state index >= 15 is 0 Å². The first kappa shape index (κ1) is 22.5. The molecule has 0 saturated carbocycles. The number of imidazole rings is 1. The van der Waals surface area contributed by atoms with Crippen molar-refractivity contribution in [2.24, 2.45) is 0 Å². The lowest BCUT2D eigenvalue weighted by Crippen LogP contribution is -2.27. The number of benzene rings is 2. The Morgan fingerprint density at radius 3 is 2.45 bits per heavy atom. The molecule has 5 nitrogen and oxygen atoms in total. The zero-order valence-electron chi connectivity index (χ0n) is 18.8. The fourth-order valence-corrected chi connectivity index (χ4v) is 3.93. The molecule has 0 fully saturated rings. The lowest BCUT2D eigenvalue weighted by molar-refractivity contribution is 0.412. The molecular formula is C26H25F2N3O2. The number of alkyl halides is 1. The molecule has 0 bridgehead atoms. The van der Waals surface area contributed by atoms with Crippen molar-refractivity contribution in [1.29, 1.82) is 0 Å². The summed E-state index contributed by atoms with van der Waals surface area (Å²) in [5.41, 5.74) is 4.03. The quantitative estimate of drug-likeness (QED) is 0.392. The number of halogens is 2. The molecule has 0 saturated heterocycles. The first-order valence-corrected chi connectivity index (χ1v) is 10.6. The number of hydrogen-bond acceptors (Lipinski definition) is 3. The van der Waals surface area contributed by atoms with Crippen LogP contribution in [-0.2, 0) is 13.1 Å². The molecule has 2 aromatic heterocycles. The van der Waals surface area contributed by atoms with Gasteiger partial charge >= 0.3 is 0 Å². The normalized spacial score (nSPS) is 12.0. The van der Waals surface area contributed by atoms with Gasteiger partial charge in [-0.25, -0.2) is 13.8 Å². The van der Waals surface area contributed by atoms with E-state index in [0.29, 0.717) is 23.3 Å². The molecule has 0 aliphatic heterocycles. The van der Waals surface area contributed by atoms with Gasteiger partial charge in [0.1, 0.15) is 18.2 Å². The maximum Gasteiger partial charge on any atom is 0.254 e. The summed E-state index contributed by atoms with van der Waals surface area (Å²) in [6.45, 7) is 3.06. The molecule has 1 atom stereocenters.